The van der Waals surface area contributed by atoms with Gasteiger partial charge >= 0.3 is 6.09 Å². The quantitative estimate of drug-likeness (QED) is 0.735. The smallest absolute Gasteiger partial charge is 0.414 e. The van der Waals surface area contributed by atoms with Crippen LogP contribution in [0.1, 0.15) is 10.6 Å². The van der Waals surface area contributed by atoms with Gasteiger partial charge in [0, 0.05) is 6.54 Å². The van der Waals surface area contributed by atoms with E-state index in [1.807, 2.05) is 24.3 Å². The molecule has 3 atom stereocenters. The number of carbonyl (C=O) groups is 1. The summed E-state index contributed by atoms with van der Waals surface area (Å²) in [6.45, 7) is 2.16. The maximum absolute atomic E-state index is 12.0. The molecule has 2 heterocycles. The highest BCUT2D eigenvalue weighted by atomic mass is 32.1. The van der Waals surface area contributed by atoms with Crippen LogP contribution in [-0.4, -0.2) is 52.5 Å². The van der Waals surface area contributed by atoms with Crippen LogP contribution in [0, 0.1) is 6.92 Å². The van der Waals surface area contributed by atoms with Crippen molar-refractivity contribution in [2.45, 2.75) is 31.6 Å². The fourth-order valence-electron chi connectivity index (χ4n) is 2.73. The van der Waals surface area contributed by atoms with Crippen molar-refractivity contribution < 1.29 is 19.4 Å². The lowest BCUT2D eigenvalue weighted by atomic mass is 10.0. The molecule has 0 aliphatic carbocycles. The second-order valence-corrected chi connectivity index (χ2v) is 6.72. The van der Waals surface area contributed by atoms with E-state index in [9.17, 15) is 9.90 Å². The largest absolute Gasteiger partial charge is 0.497 e. The molecule has 1 aliphatic rings. The van der Waals surface area contributed by atoms with E-state index >= 15 is 0 Å². The molecule has 1 unspecified atom stereocenters. The van der Waals surface area contributed by atoms with Crippen molar-refractivity contribution in [3.63, 3.8) is 0 Å². The zero-order valence-corrected chi connectivity index (χ0v) is 14.7. The van der Waals surface area contributed by atoms with Crippen LogP contribution in [0.15, 0.2) is 24.3 Å². The Morgan fingerprint density at radius 3 is 2.84 bits per heavy atom. The van der Waals surface area contributed by atoms with Crippen molar-refractivity contribution in [3.8, 4) is 5.75 Å². The lowest BCUT2D eigenvalue weighted by Crippen LogP contribution is -2.40. The number of aliphatic hydroxyl groups excluding tert-OH is 1. The van der Waals surface area contributed by atoms with Crippen LogP contribution in [0.25, 0.3) is 0 Å². The van der Waals surface area contributed by atoms with Crippen LogP contribution >= 0.6 is 11.5 Å². The maximum atomic E-state index is 12.0. The van der Waals surface area contributed by atoms with Crippen molar-refractivity contribution in [2.24, 2.45) is 0 Å². The molecule has 9 heteroatoms. The molecule has 1 aliphatic heterocycles. The lowest BCUT2D eigenvalue weighted by Gasteiger charge is -2.21. The number of amides is 1. The van der Waals surface area contributed by atoms with E-state index in [2.05, 4.69) is 20.0 Å². The van der Waals surface area contributed by atoms with Gasteiger partial charge in [0.15, 0.2) is 0 Å². The first kappa shape index (κ1) is 17.6. The molecular formula is C16H20N4O4S. The number of benzene rings is 1. The first-order valence-electron chi connectivity index (χ1n) is 7.87. The number of aromatic nitrogens is 2. The van der Waals surface area contributed by atoms with E-state index in [1.54, 1.807) is 14.0 Å². The third-order valence-electron chi connectivity index (χ3n) is 3.96. The maximum Gasteiger partial charge on any atom is 0.414 e. The summed E-state index contributed by atoms with van der Waals surface area (Å²) >= 11 is 1.19. The minimum Gasteiger partial charge on any atom is -0.497 e. The summed E-state index contributed by atoms with van der Waals surface area (Å²) in [5, 5.41) is 16.5. The first-order chi connectivity index (χ1) is 12.0. The highest BCUT2D eigenvalue weighted by Crippen LogP contribution is 2.20. The summed E-state index contributed by atoms with van der Waals surface area (Å²) in [5.74, 6) is 0.987. The fourth-order valence-corrected chi connectivity index (χ4v) is 3.16. The van der Waals surface area contributed by atoms with Crippen LogP contribution in [0.5, 0.6) is 5.75 Å². The number of nitrogens with zero attached hydrogens (tertiary/aromatic N) is 2. The number of rotatable bonds is 5. The van der Waals surface area contributed by atoms with Gasteiger partial charge in [-0.15, -0.1) is 0 Å². The summed E-state index contributed by atoms with van der Waals surface area (Å²) in [6.07, 6.45) is -1.47. The van der Waals surface area contributed by atoms with E-state index < -0.39 is 18.3 Å². The zero-order valence-electron chi connectivity index (χ0n) is 13.9. The SMILES string of the molecule is COc1ccc(CC2NC[C@H](O)[C@H]2OC(=O)Nc2nsc(C)n2)cc1. The number of nitrogens with one attached hydrogen (secondary N) is 2. The number of carbonyl (C=O) groups excluding carboxylic acids is 1. The molecule has 0 spiro atoms. The third-order valence-corrected chi connectivity index (χ3v) is 4.58. The van der Waals surface area contributed by atoms with Crippen LogP contribution in [-0.2, 0) is 11.2 Å². The van der Waals surface area contributed by atoms with Gasteiger partial charge in [-0.2, -0.15) is 4.37 Å². The number of ether oxygens (including phenoxy) is 2. The summed E-state index contributed by atoms with van der Waals surface area (Å²) in [7, 11) is 1.62. The van der Waals surface area contributed by atoms with E-state index in [0.29, 0.717) is 13.0 Å². The first-order valence-corrected chi connectivity index (χ1v) is 8.65. The lowest BCUT2D eigenvalue weighted by molar-refractivity contribution is 0.0254. The minimum atomic E-state index is -0.765. The predicted molar refractivity (Wildman–Crippen MR) is 93.0 cm³/mol. The topological polar surface area (TPSA) is 106 Å². The van der Waals surface area contributed by atoms with Gasteiger partial charge in [-0.3, -0.25) is 5.32 Å². The molecule has 1 fully saturated rings. The number of β-amino-alcohol motifs (C(OH)–C–C–N with tert-alkyl or cyclic N) is 1. The zero-order chi connectivity index (χ0) is 17.8. The Morgan fingerprint density at radius 2 is 2.20 bits per heavy atom. The number of hydrogen-bond acceptors (Lipinski definition) is 8. The van der Waals surface area contributed by atoms with Gasteiger partial charge in [0.25, 0.3) is 0 Å². The van der Waals surface area contributed by atoms with Gasteiger partial charge in [-0.1, -0.05) is 12.1 Å². The molecule has 1 aromatic carbocycles. The Kier molecular flexibility index (Phi) is 5.47. The summed E-state index contributed by atoms with van der Waals surface area (Å²) in [5.41, 5.74) is 1.05. The van der Waals surface area contributed by atoms with Crippen molar-refractivity contribution in [2.75, 3.05) is 19.0 Å². The van der Waals surface area contributed by atoms with Crippen molar-refractivity contribution in [3.05, 3.63) is 34.8 Å². The van der Waals surface area contributed by atoms with Gasteiger partial charge in [0.1, 0.15) is 23.0 Å². The molecule has 2 aromatic rings. The van der Waals surface area contributed by atoms with Gasteiger partial charge in [0.05, 0.1) is 13.2 Å². The number of anilines is 1. The van der Waals surface area contributed by atoms with Gasteiger partial charge in [-0.25, -0.2) is 9.78 Å². The van der Waals surface area contributed by atoms with Crippen molar-refractivity contribution >= 4 is 23.6 Å². The van der Waals surface area contributed by atoms with Gasteiger partial charge < -0.3 is 19.9 Å². The Hall–Kier alpha value is -2.23. The molecule has 3 N–H and O–H groups in total. The van der Waals surface area contributed by atoms with E-state index in [0.717, 1.165) is 16.3 Å². The molecule has 0 bridgehead atoms. The number of methoxy groups -OCH3 is 1. The molecular weight excluding hydrogens is 344 g/mol. The van der Waals surface area contributed by atoms with Gasteiger partial charge in [-0.05, 0) is 42.6 Å². The second kappa shape index (κ2) is 7.77. The van der Waals surface area contributed by atoms with E-state index in [4.69, 9.17) is 9.47 Å². The van der Waals surface area contributed by atoms with E-state index in [-0.39, 0.29) is 12.0 Å². The Balaban J connectivity index is 1.60. The minimum absolute atomic E-state index is 0.181. The summed E-state index contributed by atoms with van der Waals surface area (Å²) < 4.78 is 14.5. The van der Waals surface area contributed by atoms with Crippen LogP contribution in [0.4, 0.5) is 10.7 Å². The molecule has 8 nitrogen and oxygen atoms in total. The summed E-state index contributed by atoms with van der Waals surface area (Å²) in [4.78, 5) is 16.1. The Bertz CT molecular complexity index is 721. The molecule has 0 saturated carbocycles. The molecule has 1 amide bonds. The molecule has 25 heavy (non-hydrogen) atoms. The summed E-state index contributed by atoms with van der Waals surface area (Å²) in [6, 6.07) is 7.47. The Labute approximate surface area is 149 Å². The highest BCUT2D eigenvalue weighted by molar-refractivity contribution is 7.05. The number of hydrogen-bond donors (Lipinski definition) is 3. The second-order valence-electron chi connectivity index (χ2n) is 5.77. The average Bonchev–Trinajstić information content (AvgIpc) is 3.15. The van der Waals surface area contributed by atoms with Crippen molar-refractivity contribution in [1.29, 1.82) is 0 Å². The van der Waals surface area contributed by atoms with Crippen LogP contribution in [0.3, 0.4) is 0 Å². The van der Waals surface area contributed by atoms with Crippen LogP contribution < -0.4 is 15.4 Å². The molecule has 3 rings (SSSR count). The Morgan fingerprint density at radius 1 is 1.44 bits per heavy atom. The van der Waals surface area contributed by atoms with Crippen molar-refractivity contribution in [1.82, 2.24) is 14.7 Å². The molecule has 1 aromatic heterocycles. The predicted octanol–water partition coefficient (Wildman–Crippen LogP) is 1.35. The fraction of sp³-hybridized carbons (Fsp3) is 0.438. The monoisotopic (exact) mass is 364 g/mol. The standard InChI is InChI=1S/C16H20N4O4S/c1-9-18-15(20-25-9)19-16(22)24-14-12(17-8-13(14)21)7-10-3-5-11(23-2)6-4-10/h3-6,12-14,17,21H,7-8H2,1-2H3,(H,19,20,22)/t12?,13-,14-/m0/s1. The molecule has 0 radical (unpaired) electrons. The van der Waals surface area contributed by atoms with E-state index in [1.165, 1.54) is 11.5 Å². The van der Waals surface area contributed by atoms with Gasteiger partial charge in [0.2, 0.25) is 5.95 Å². The number of aliphatic hydroxyl groups is 1. The third kappa shape index (κ3) is 4.44. The number of aryl methyl sites for hydroxylation is 1. The van der Waals surface area contributed by atoms with Crippen LogP contribution in [0.2, 0.25) is 0 Å². The average molecular weight is 364 g/mol. The normalized spacial score (nSPS) is 22.6. The molecule has 134 valence electrons. The highest BCUT2D eigenvalue weighted by Gasteiger charge is 2.38. The molecule has 1 saturated heterocycles.